The van der Waals surface area contributed by atoms with Gasteiger partial charge in [-0.25, -0.2) is 8.42 Å². The number of likely N-dealkylation sites (N-methyl/N-ethyl adjacent to an activating group) is 1. The van der Waals surface area contributed by atoms with Crippen LogP contribution >= 0.6 is 0 Å². The number of carbonyl (C=O) groups is 1. The number of sulfonamides is 1. The maximum absolute atomic E-state index is 13.2. The van der Waals surface area contributed by atoms with Crippen molar-refractivity contribution >= 4 is 21.6 Å². The quantitative estimate of drug-likeness (QED) is 0.725. The van der Waals surface area contributed by atoms with E-state index in [0.29, 0.717) is 18.7 Å². The average Bonchev–Trinajstić information content (AvgIpc) is 2.98. The first-order chi connectivity index (χ1) is 14.9. The van der Waals surface area contributed by atoms with Crippen molar-refractivity contribution in [1.82, 2.24) is 9.21 Å². The molecule has 1 aliphatic carbocycles. The highest BCUT2D eigenvalue weighted by Crippen LogP contribution is 2.27. The third-order valence-electron chi connectivity index (χ3n) is 6.62. The summed E-state index contributed by atoms with van der Waals surface area (Å²) in [5, 5.41) is 0. The van der Waals surface area contributed by atoms with Gasteiger partial charge in [0.2, 0.25) is 10.0 Å². The van der Waals surface area contributed by atoms with Gasteiger partial charge in [0.05, 0.1) is 4.90 Å². The summed E-state index contributed by atoms with van der Waals surface area (Å²) in [7, 11) is 0.156. The predicted molar refractivity (Wildman–Crippen MR) is 123 cm³/mol. The molecule has 6 nitrogen and oxygen atoms in total. The van der Waals surface area contributed by atoms with Crippen LogP contribution in [0.5, 0.6) is 0 Å². The van der Waals surface area contributed by atoms with Crippen molar-refractivity contribution in [3.8, 4) is 0 Å². The lowest BCUT2D eigenvalue weighted by molar-refractivity contribution is 0.0751. The Balaban J connectivity index is 1.51. The van der Waals surface area contributed by atoms with Crippen molar-refractivity contribution in [2.75, 3.05) is 32.1 Å². The van der Waals surface area contributed by atoms with Crippen LogP contribution in [0.4, 0.5) is 5.69 Å². The summed E-state index contributed by atoms with van der Waals surface area (Å²) in [6.07, 6.45) is 5.16. The van der Waals surface area contributed by atoms with Crippen molar-refractivity contribution in [3.05, 3.63) is 59.7 Å². The Morgan fingerprint density at radius 3 is 2.35 bits per heavy atom. The Labute approximate surface area is 185 Å². The normalized spacial score (nSPS) is 18.0. The monoisotopic (exact) mass is 441 g/mol. The van der Waals surface area contributed by atoms with Crippen molar-refractivity contribution in [2.45, 2.75) is 49.6 Å². The molecule has 0 radical (unpaired) electrons. The molecule has 166 valence electrons. The van der Waals surface area contributed by atoms with Crippen molar-refractivity contribution in [1.29, 1.82) is 0 Å². The molecule has 0 unspecified atom stereocenters. The van der Waals surface area contributed by atoms with Gasteiger partial charge in [-0.1, -0.05) is 37.5 Å². The maximum Gasteiger partial charge on any atom is 0.254 e. The predicted octanol–water partition coefficient (Wildman–Crippen LogP) is 3.73. The number of carbonyl (C=O) groups excluding carboxylic acids is 1. The van der Waals surface area contributed by atoms with Crippen LogP contribution in [0.1, 0.15) is 48.0 Å². The van der Waals surface area contributed by atoms with Crippen LogP contribution in [0.3, 0.4) is 0 Å². The van der Waals surface area contributed by atoms with Gasteiger partial charge in [0.25, 0.3) is 5.91 Å². The first-order valence-electron chi connectivity index (χ1n) is 11.0. The summed E-state index contributed by atoms with van der Waals surface area (Å²) in [5.41, 5.74) is 2.77. The number of fused-ring (bicyclic) bond motifs is 1. The molecule has 7 heteroatoms. The fraction of sp³-hybridized carbons (Fsp3) is 0.458. The molecule has 2 aromatic carbocycles. The summed E-state index contributed by atoms with van der Waals surface area (Å²) < 4.78 is 27.6. The molecule has 1 heterocycles. The first kappa shape index (κ1) is 21.8. The van der Waals surface area contributed by atoms with E-state index in [1.54, 1.807) is 31.3 Å². The van der Waals surface area contributed by atoms with Gasteiger partial charge in [-0.3, -0.25) is 4.79 Å². The molecule has 0 saturated heterocycles. The topological polar surface area (TPSA) is 60.9 Å². The molecular weight excluding hydrogens is 410 g/mol. The lowest BCUT2D eigenvalue weighted by Gasteiger charge is -2.30. The van der Waals surface area contributed by atoms with Gasteiger partial charge in [0, 0.05) is 51.0 Å². The van der Waals surface area contributed by atoms with E-state index in [1.807, 2.05) is 30.1 Å². The summed E-state index contributed by atoms with van der Waals surface area (Å²) in [5.74, 6) is -0.0744. The number of hydrogen-bond acceptors (Lipinski definition) is 4. The Bertz CT molecular complexity index is 1030. The molecule has 1 saturated carbocycles. The minimum atomic E-state index is -3.56. The number of anilines is 1. The van der Waals surface area contributed by atoms with Crippen molar-refractivity contribution in [2.24, 2.45) is 0 Å². The molecule has 0 N–H and O–H groups in total. The summed E-state index contributed by atoms with van der Waals surface area (Å²) in [6.45, 7) is 1.92. The van der Waals surface area contributed by atoms with Gasteiger partial charge >= 0.3 is 0 Å². The number of para-hydroxylation sites is 1. The van der Waals surface area contributed by atoms with Gasteiger partial charge in [0.15, 0.2) is 0 Å². The lowest BCUT2D eigenvalue weighted by atomic mass is 9.96. The molecule has 1 fully saturated rings. The number of rotatable bonds is 4. The van der Waals surface area contributed by atoms with E-state index in [4.69, 9.17) is 0 Å². The lowest BCUT2D eigenvalue weighted by Crippen LogP contribution is -2.38. The van der Waals surface area contributed by atoms with E-state index >= 15 is 0 Å². The van der Waals surface area contributed by atoms with E-state index in [0.717, 1.165) is 43.5 Å². The van der Waals surface area contributed by atoms with Crippen LogP contribution in [-0.2, 0) is 16.6 Å². The number of nitrogens with zero attached hydrogens (tertiary/aromatic N) is 3. The highest BCUT2D eigenvalue weighted by molar-refractivity contribution is 7.89. The van der Waals surface area contributed by atoms with E-state index in [2.05, 4.69) is 11.0 Å². The molecule has 0 spiro atoms. The van der Waals surface area contributed by atoms with Gasteiger partial charge in [0.1, 0.15) is 0 Å². The second-order valence-electron chi connectivity index (χ2n) is 8.61. The third kappa shape index (κ3) is 4.48. The van der Waals surface area contributed by atoms with Crippen LogP contribution in [0.2, 0.25) is 0 Å². The van der Waals surface area contributed by atoms with Crippen LogP contribution in [0.15, 0.2) is 53.4 Å². The summed E-state index contributed by atoms with van der Waals surface area (Å²) in [4.78, 5) is 17.4. The SMILES string of the molecule is CN1CCN(C(=O)c2ccc(S(=O)(=O)N(C)C3CCCCC3)cc2)Cc2ccccc21. The number of amides is 1. The molecule has 4 rings (SSSR count). The van der Waals surface area contributed by atoms with Gasteiger partial charge in [-0.15, -0.1) is 0 Å². The molecule has 2 aromatic rings. The zero-order valence-corrected chi connectivity index (χ0v) is 19.1. The Morgan fingerprint density at radius 2 is 1.65 bits per heavy atom. The molecule has 0 aromatic heterocycles. The average molecular weight is 442 g/mol. The van der Waals surface area contributed by atoms with Gasteiger partial charge in [-0.05, 0) is 48.7 Å². The molecule has 0 atom stereocenters. The van der Waals surface area contributed by atoms with E-state index in [9.17, 15) is 13.2 Å². The molecule has 1 aliphatic heterocycles. The smallest absolute Gasteiger partial charge is 0.254 e. The second-order valence-corrected chi connectivity index (χ2v) is 10.6. The highest BCUT2D eigenvalue weighted by Gasteiger charge is 2.29. The van der Waals surface area contributed by atoms with Gasteiger partial charge < -0.3 is 9.80 Å². The van der Waals surface area contributed by atoms with E-state index in [-0.39, 0.29) is 16.8 Å². The zero-order chi connectivity index (χ0) is 22.0. The fourth-order valence-electron chi connectivity index (χ4n) is 4.63. The molecule has 31 heavy (non-hydrogen) atoms. The summed E-state index contributed by atoms with van der Waals surface area (Å²) in [6, 6.07) is 14.6. The standard InChI is InChI=1S/C24H31N3O3S/c1-25-16-17-27(18-20-8-6-7-11-23(20)25)24(28)19-12-14-22(15-13-19)31(29,30)26(2)21-9-4-3-5-10-21/h6-8,11-15,21H,3-5,9-10,16-18H2,1-2H3. The van der Waals surface area contributed by atoms with Crippen LogP contribution in [0.25, 0.3) is 0 Å². The maximum atomic E-state index is 13.2. The van der Waals surface area contributed by atoms with Crippen molar-refractivity contribution in [3.63, 3.8) is 0 Å². The minimum Gasteiger partial charge on any atom is -0.373 e. The number of benzene rings is 2. The highest BCUT2D eigenvalue weighted by atomic mass is 32.2. The Morgan fingerprint density at radius 1 is 0.968 bits per heavy atom. The van der Waals surface area contributed by atoms with E-state index < -0.39 is 10.0 Å². The van der Waals surface area contributed by atoms with Crippen LogP contribution < -0.4 is 4.90 Å². The molecule has 2 aliphatic rings. The Kier molecular flexibility index (Phi) is 6.34. The molecule has 1 amide bonds. The Hall–Kier alpha value is -2.38. The fourth-order valence-corrected chi connectivity index (χ4v) is 6.04. The van der Waals surface area contributed by atoms with Crippen LogP contribution in [-0.4, -0.2) is 56.8 Å². The van der Waals surface area contributed by atoms with Crippen molar-refractivity contribution < 1.29 is 13.2 Å². The second kappa shape index (κ2) is 9.01. The van der Waals surface area contributed by atoms with Gasteiger partial charge in [-0.2, -0.15) is 4.31 Å². The molecular formula is C24H31N3O3S. The minimum absolute atomic E-state index is 0.0641. The summed E-state index contributed by atoms with van der Waals surface area (Å²) >= 11 is 0. The molecule has 0 bridgehead atoms. The number of hydrogen-bond donors (Lipinski definition) is 0. The largest absolute Gasteiger partial charge is 0.373 e. The first-order valence-corrected chi connectivity index (χ1v) is 12.5. The third-order valence-corrected chi connectivity index (χ3v) is 8.55. The van der Waals surface area contributed by atoms with E-state index in [1.165, 1.54) is 10.7 Å². The van der Waals surface area contributed by atoms with Crippen LogP contribution in [0, 0.1) is 0 Å². The zero-order valence-electron chi connectivity index (χ0n) is 18.3.